The van der Waals surface area contributed by atoms with Crippen molar-refractivity contribution in [3.63, 3.8) is 0 Å². The highest BCUT2D eigenvalue weighted by Gasteiger charge is 2.07. The molecule has 1 N–H and O–H groups in total. The summed E-state index contributed by atoms with van der Waals surface area (Å²) in [5, 5.41) is 3.17. The van der Waals surface area contributed by atoms with E-state index in [4.69, 9.17) is 9.47 Å². The molecule has 0 aliphatic heterocycles. The molecule has 0 fully saturated rings. The van der Waals surface area contributed by atoms with E-state index in [0.717, 1.165) is 29.2 Å². The summed E-state index contributed by atoms with van der Waals surface area (Å²) >= 11 is 0. The molecular formula is C17H21NO2. The van der Waals surface area contributed by atoms with Crippen LogP contribution in [0.4, 0.5) is 0 Å². The molecule has 0 aliphatic rings. The zero-order chi connectivity index (χ0) is 14.5. The average molecular weight is 271 g/mol. The van der Waals surface area contributed by atoms with Gasteiger partial charge in [0.05, 0.1) is 14.2 Å². The fourth-order valence-electron chi connectivity index (χ4n) is 2.34. The van der Waals surface area contributed by atoms with E-state index in [1.54, 1.807) is 14.2 Å². The van der Waals surface area contributed by atoms with Gasteiger partial charge in [0, 0.05) is 12.1 Å². The molecule has 2 aromatic carbocycles. The van der Waals surface area contributed by atoms with Gasteiger partial charge in [0.1, 0.15) is 11.5 Å². The first kappa shape index (κ1) is 14.4. The van der Waals surface area contributed by atoms with Gasteiger partial charge in [0.2, 0.25) is 0 Å². The minimum Gasteiger partial charge on any atom is -0.496 e. The van der Waals surface area contributed by atoms with Crippen LogP contribution in [0.2, 0.25) is 0 Å². The Labute approximate surface area is 120 Å². The molecule has 3 nitrogen and oxygen atoms in total. The predicted octanol–water partition coefficient (Wildman–Crippen LogP) is 3.40. The molecule has 0 unspecified atom stereocenters. The van der Waals surface area contributed by atoms with Crippen molar-refractivity contribution >= 4 is 0 Å². The summed E-state index contributed by atoms with van der Waals surface area (Å²) in [5.74, 6) is 1.83. The van der Waals surface area contributed by atoms with Crippen LogP contribution in [0.3, 0.4) is 0 Å². The van der Waals surface area contributed by atoms with E-state index < -0.39 is 0 Å². The Morgan fingerprint density at radius 3 is 2.05 bits per heavy atom. The van der Waals surface area contributed by atoms with E-state index in [-0.39, 0.29) is 0 Å². The summed E-state index contributed by atoms with van der Waals surface area (Å²) in [6, 6.07) is 12.5. The molecule has 0 aliphatic carbocycles. The molecule has 3 heteroatoms. The first-order chi connectivity index (χ1) is 9.69. The number of hydrogen-bond donors (Lipinski definition) is 1. The van der Waals surface area contributed by atoms with E-state index in [2.05, 4.69) is 36.5 Å². The lowest BCUT2D eigenvalue weighted by atomic mass is 10.0. The standard InChI is InChI=1S/C17H21NO2/c1-12-9-13(5-7-16(12)19-3)14-6-8-17(20-4)15(10-14)11-18-2/h5-10,18H,11H2,1-4H3. The summed E-state index contributed by atoms with van der Waals surface area (Å²) in [6.45, 7) is 2.84. The number of rotatable bonds is 5. The smallest absolute Gasteiger partial charge is 0.123 e. The lowest BCUT2D eigenvalue weighted by Crippen LogP contribution is -2.06. The maximum absolute atomic E-state index is 5.39. The van der Waals surface area contributed by atoms with Crippen LogP contribution in [-0.2, 0) is 6.54 Å². The van der Waals surface area contributed by atoms with E-state index in [1.807, 2.05) is 19.2 Å². The summed E-state index contributed by atoms with van der Waals surface area (Å²) in [4.78, 5) is 0. The van der Waals surface area contributed by atoms with Gasteiger partial charge in [-0.1, -0.05) is 12.1 Å². The second kappa shape index (κ2) is 6.44. The number of aryl methyl sites for hydroxylation is 1. The molecular weight excluding hydrogens is 250 g/mol. The molecule has 20 heavy (non-hydrogen) atoms. The van der Waals surface area contributed by atoms with Crippen LogP contribution in [-0.4, -0.2) is 21.3 Å². The molecule has 0 saturated carbocycles. The molecule has 0 radical (unpaired) electrons. The van der Waals surface area contributed by atoms with Crippen LogP contribution >= 0.6 is 0 Å². The Morgan fingerprint density at radius 2 is 1.50 bits per heavy atom. The van der Waals surface area contributed by atoms with Gasteiger partial charge >= 0.3 is 0 Å². The van der Waals surface area contributed by atoms with Gasteiger partial charge in [0.25, 0.3) is 0 Å². The lowest BCUT2D eigenvalue weighted by molar-refractivity contribution is 0.408. The van der Waals surface area contributed by atoms with E-state index >= 15 is 0 Å². The van der Waals surface area contributed by atoms with Gasteiger partial charge in [-0.3, -0.25) is 0 Å². The molecule has 0 bridgehead atoms. The highest BCUT2D eigenvalue weighted by atomic mass is 16.5. The predicted molar refractivity (Wildman–Crippen MR) is 82.5 cm³/mol. The minimum atomic E-state index is 0.784. The zero-order valence-corrected chi connectivity index (χ0v) is 12.5. The monoisotopic (exact) mass is 271 g/mol. The van der Waals surface area contributed by atoms with Crippen molar-refractivity contribution in [2.24, 2.45) is 0 Å². The van der Waals surface area contributed by atoms with E-state index in [0.29, 0.717) is 0 Å². The van der Waals surface area contributed by atoms with Crippen molar-refractivity contribution in [2.75, 3.05) is 21.3 Å². The number of nitrogens with one attached hydrogen (secondary N) is 1. The first-order valence-corrected chi connectivity index (χ1v) is 6.66. The maximum Gasteiger partial charge on any atom is 0.123 e. The second-order valence-electron chi connectivity index (χ2n) is 4.74. The third-order valence-electron chi connectivity index (χ3n) is 3.38. The highest BCUT2D eigenvalue weighted by molar-refractivity contribution is 5.67. The topological polar surface area (TPSA) is 30.5 Å². The van der Waals surface area contributed by atoms with Crippen LogP contribution in [0.1, 0.15) is 11.1 Å². The Bertz CT molecular complexity index is 594. The van der Waals surface area contributed by atoms with Gasteiger partial charge in [-0.15, -0.1) is 0 Å². The van der Waals surface area contributed by atoms with Crippen molar-refractivity contribution in [2.45, 2.75) is 13.5 Å². The third-order valence-corrected chi connectivity index (χ3v) is 3.38. The third kappa shape index (κ3) is 2.94. The Hall–Kier alpha value is -2.00. The average Bonchev–Trinajstić information content (AvgIpc) is 2.47. The van der Waals surface area contributed by atoms with E-state index in [1.165, 1.54) is 11.1 Å². The molecule has 0 aromatic heterocycles. The Morgan fingerprint density at radius 1 is 0.900 bits per heavy atom. The van der Waals surface area contributed by atoms with Gasteiger partial charge in [-0.2, -0.15) is 0 Å². The van der Waals surface area contributed by atoms with Gasteiger partial charge in [0.15, 0.2) is 0 Å². The summed E-state index contributed by atoms with van der Waals surface area (Å²) in [6.07, 6.45) is 0. The molecule has 0 amide bonds. The van der Waals surface area contributed by atoms with Crippen molar-refractivity contribution in [1.82, 2.24) is 5.32 Å². The Balaban J connectivity index is 2.42. The summed E-state index contributed by atoms with van der Waals surface area (Å²) in [5.41, 5.74) is 4.65. The van der Waals surface area contributed by atoms with Crippen LogP contribution in [0.15, 0.2) is 36.4 Å². The number of hydrogen-bond acceptors (Lipinski definition) is 3. The van der Waals surface area contributed by atoms with Crippen LogP contribution in [0, 0.1) is 6.92 Å². The molecule has 0 atom stereocenters. The fourth-order valence-corrected chi connectivity index (χ4v) is 2.34. The molecule has 0 saturated heterocycles. The first-order valence-electron chi connectivity index (χ1n) is 6.66. The van der Waals surface area contributed by atoms with Crippen LogP contribution < -0.4 is 14.8 Å². The molecule has 2 rings (SSSR count). The van der Waals surface area contributed by atoms with Gasteiger partial charge < -0.3 is 14.8 Å². The van der Waals surface area contributed by atoms with Gasteiger partial charge in [-0.05, 0) is 54.9 Å². The number of benzene rings is 2. The molecule has 0 heterocycles. The quantitative estimate of drug-likeness (QED) is 0.904. The fraction of sp³-hybridized carbons (Fsp3) is 0.294. The van der Waals surface area contributed by atoms with Crippen molar-refractivity contribution in [3.05, 3.63) is 47.5 Å². The van der Waals surface area contributed by atoms with Gasteiger partial charge in [-0.25, -0.2) is 0 Å². The molecule has 106 valence electrons. The zero-order valence-electron chi connectivity index (χ0n) is 12.5. The summed E-state index contributed by atoms with van der Waals surface area (Å²) < 4.78 is 10.7. The second-order valence-corrected chi connectivity index (χ2v) is 4.74. The lowest BCUT2D eigenvalue weighted by Gasteiger charge is -2.12. The highest BCUT2D eigenvalue weighted by Crippen LogP contribution is 2.29. The minimum absolute atomic E-state index is 0.784. The SMILES string of the molecule is CNCc1cc(-c2ccc(OC)c(C)c2)ccc1OC. The molecule has 0 spiro atoms. The number of ether oxygens (including phenoxy) is 2. The maximum atomic E-state index is 5.39. The summed E-state index contributed by atoms with van der Waals surface area (Å²) in [7, 11) is 5.33. The van der Waals surface area contributed by atoms with Crippen molar-refractivity contribution in [1.29, 1.82) is 0 Å². The normalized spacial score (nSPS) is 10.4. The van der Waals surface area contributed by atoms with Crippen LogP contribution in [0.5, 0.6) is 11.5 Å². The largest absolute Gasteiger partial charge is 0.496 e. The molecule has 2 aromatic rings. The van der Waals surface area contributed by atoms with E-state index in [9.17, 15) is 0 Å². The number of methoxy groups -OCH3 is 2. The van der Waals surface area contributed by atoms with Crippen molar-refractivity contribution in [3.8, 4) is 22.6 Å². The van der Waals surface area contributed by atoms with Crippen LogP contribution in [0.25, 0.3) is 11.1 Å². The van der Waals surface area contributed by atoms with Crippen molar-refractivity contribution < 1.29 is 9.47 Å². The Kier molecular flexibility index (Phi) is 4.64.